The van der Waals surface area contributed by atoms with Crippen LogP contribution >= 0.6 is 15.9 Å². The van der Waals surface area contributed by atoms with Gasteiger partial charge in [-0.15, -0.1) is 0 Å². The van der Waals surface area contributed by atoms with Crippen LogP contribution in [0.5, 0.6) is 5.75 Å². The quantitative estimate of drug-likeness (QED) is 0.873. The van der Waals surface area contributed by atoms with Crippen molar-refractivity contribution in [2.24, 2.45) is 0 Å². The minimum absolute atomic E-state index is 0.301. The maximum absolute atomic E-state index is 12.0. The zero-order valence-electron chi connectivity index (χ0n) is 11.2. The smallest absolute Gasteiger partial charge is 0.323 e. The molecule has 20 heavy (non-hydrogen) atoms. The van der Waals surface area contributed by atoms with Gasteiger partial charge in [0.1, 0.15) is 5.75 Å². The van der Waals surface area contributed by atoms with Crippen LogP contribution in [0.4, 0.5) is 16.2 Å². The molecule has 0 spiro atoms. The lowest BCUT2D eigenvalue weighted by atomic mass is 10.2. The van der Waals surface area contributed by atoms with E-state index in [4.69, 9.17) is 4.74 Å². The third kappa shape index (κ3) is 3.74. The normalized spacial score (nSPS) is 9.95. The molecule has 0 saturated carbocycles. The molecule has 104 valence electrons. The first-order valence-electron chi connectivity index (χ1n) is 6.06. The predicted molar refractivity (Wildman–Crippen MR) is 84.5 cm³/mol. The highest BCUT2D eigenvalue weighted by Gasteiger charge is 2.07. The summed E-state index contributed by atoms with van der Waals surface area (Å²) in [7, 11) is 1.58. The van der Waals surface area contributed by atoms with Crippen molar-refractivity contribution < 1.29 is 9.53 Å². The summed E-state index contributed by atoms with van der Waals surface area (Å²) in [4.78, 5) is 12.0. The molecule has 0 aliphatic carbocycles. The van der Waals surface area contributed by atoms with Crippen molar-refractivity contribution in [3.8, 4) is 5.75 Å². The highest BCUT2D eigenvalue weighted by molar-refractivity contribution is 9.10. The lowest BCUT2D eigenvalue weighted by Gasteiger charge is -2.11. The number of amides is 2. The van der Waals surface area contributed by atoms with Crippen LogP contribution in [0, 0.1) is 6.92 Å². The minimum atomic E-state index is -0.301. The number of benzene rings is 2. The van der Waals surface area contributed by atoms with Gasteiger partial charge >= 0.3 is 6.03 Å². The number of rotatable bonds is 3. The molecule has 2 amide bonds. The van der Waals surface area contributed by atoms with Crippen LogP contribution in [0.25, 0.3) is 0 Å². The van der Waals surface area contributed by atoms with Gasteiger partial charge in [-0.3, -0.25) is 0 Å². The van der Waals surface area contributed by atoms with Gasteiger partial charge in [-0.1, -0.05) is 12.1 Å². The van der Waals surface area contributed by atoms with E-state index < -0.39 is 0 Å². The third-order valence-corrected chi connectivity index (χ3v) is 3.39. The van der Waals surface area contributed by atoms with Crippen LogP contribution in [0.2, 0.25) is 0 Å². The Morgan fingerprint density at radius 1 is 1.15 bits per heavy atom. The fourth-order valence-corrected chi connectivity index (χ4v) is 2.08. The van der Waals surface area contributed by atoms with Crippen molar-refractivity contribution in [3.63, 3.8) is 0 Å². The Labute approximate surface area is 126 Å². The number of aryl methyl sites for hydroxylation is 1. The summed E-state index contributed by atoms with van der Waals surface area (Å²) in [5.41, 5.74) is 2.49. The van der Waals surface area contributed by atoms with Gasteiger partial charge in [-0.05, 0) is 52.7 Å². The summed E-state index contributed by atoms with van der Waals surface area (Å²) >= 11 is 3.39. The van der Waals surface area contributed by atoms with E-state index in [9.17, 15) is 4.79 Å². The largest absolute Gasteiger partial charge is 0.497 e. The molecule has 2 N–H and O–H groups in total. The molecule has 2 rings (SSSR count). The van der Waals surface area contributed by atoms with Crippen LogP contribution < -0.4 is 15.4 Å². The summed E-state index contributed by atoms with van der Waals surface area (Å²) in [6, 6.07) is 12.7. The van der Waals surface area contributed by atoms with Crippen LogP contribution in [-0.2, 0) is 0 Å². The van der Waals surface area contributed by atoms with Gasteiger partial charge in [0.2, 0.25) is 0 Å². The molecule has 2 aromatic rings. The number of urea groups is 1. The Hall–Kier alpha value is -2.01. The second-order valence-corrected chi connectivity index (χ2v) is 5.15. The molecule has 0 aliphatic rings. The first-order valence-corrected chi connectivity index (χ1v) is 6.86. The van der Waals surface area contributed by atoms with Crippen molar-refractivity contribution in [2.45, 2.75) is 6.92 Å². The SMILES string of the molecule is COc1ccc(Br)c(NC(=O)Nc2cccc(C)c2)c1. The Morgan fingerprint density at radius 3 is 2.65 bits per heavy atom. The Balaban J connectivity index is 2.08. The number of carbonyl (C=O) groups excluding carboxylic acids is 1. The average Bonchev–Trinajstić information content (AvgIpc) is 2.41. The topological polar surface area (TPSA) is 50.4 Å². The number of hydrogen-bond acceptors (Lipinski definition) is 2. The molecule has 4 nitrogen and oxygen atoms in total. The molecular formula is C15H15BrN2O2. The van der Waals surface area contributed by atoms with E-state index in [1.54, 1.807) is 13.2 Å². The van der Waals surface area contributed by atoms with Crippen molar-refractivity contribution in [1.29, 1.82) is 0 Å². The summed E-state index contributed by atoms with van der Waals surface area (Å²) in [6.07, 6.45) is 0. The van der Waals surface area contributed by atoms with Crippen molar-refractivity contribution in [2.75, 3.05) is 17.7 Å². The lowest BCUT2D eigenvalue weighted by Crippen LogP contribution is -2.19. The van der Waals surface area contributed by atoms with Crippen molar-refractivity contribution in [1.82, 2.24) is 0 Å². The molecule has 0 atom stereocenters. The fourth-order valence-electron chi connectivity index (χ4n) is 1.73. The second-order valence-electron chi connectivity index (χ2n) is 4.29. The van der Waals surface area contributed by atoms with Gasteiger partial charge in [-0.2, -0.15) is 0 Å². The highest BCUT2D eigenvalue weighted by atomic mass is 79.9. The van der Waals surface area contributed by atoms with Crippen LogP contribution in [-0.4, -0.2) is 13.1 Å². The van der Waals surface area contributed by atoms with E-state index in [-0.39, 0.29) is 6.03 Å². The molecule has 0 radical (unpaired) electrons. The van der Waals surface area contributed by atoms with E-state index in [0.29, 0.717) is 11.4 Å². The predicted octanol–water partition coefficient (Wildman–Crippen LogP) is 4.41. The molecule has 0 heterocycles. The van der Waals surface area contributed by atoms with Gasteiger partial charge in [0.15, 0.2) is 0 Å². The number of halogens is 1. The number of anilines is 2. The first kappa shape index (κ1) is 14.4. The Bertz CT molecular complexity index is 629. The maximum atomic E-state index is 12.0. The van der Waals surface area contributed by atoms with Crippen LogP contribution in [0.3, 0.4) is 0 Å². The standard InChI is InChI=1S/C15H15BrN2O2/c1-10-4-3-5-11(8-10)17-15(19)18-14-9-12(20-2)6-7-13(14)16/h3-9H,1-2H3,(H2,17,18,19). The number of carbonyl (C=O) groups is 1. The maximum Gasteiger partial charge on any atom is 0.323 e. The monoisotopic (exact) mass is 334 g/mol. The number of ether oxygens (including phenoxy) is 1. The Kier molecular flexibility index (Phi) is 4.63. The van der Waals surface area contributed by atoms with Gasteiger partial charge in [0, 0.05) is 16.2 Å². The van der Waals surface area contributed by atoms with Crippen molar-refractivity contribution >= 4 is 33.3 Å². The summed E-state index contributed by atoms with van der Waals surface area (Å²) in [5.74, 6) is 0.680. The molecule has 2 aromatic carbocycles. The molecule has 0 saturated heterocycles. The van der Waals surface area contributed by atoms with E-state index in [1.165, 1.54) is 0 Å². The molecule has 0 bridgehead atoms. The van der Waals surface area contributed by atoms with Crippen molar-refractivity contribution in [3.05, 3.63) is 52.5 Å². The minimum Gasteiger partial charge on any atom is -0.497 e. The molecule has 0 unspecified atom stereocenters. The lowest BCUT2D eigenvalue weighted by molar-refractivity contribution is 0.262. The fraction of sp³-hybridized carbons (Fsp3) is 0.133. The first-order chi connectivity index (χ1) is 9.58. The summed E-state index contributed by atoms with van der Waals surface area (Å²) in [6.45, 7) is 1.97. The third-order valence-electron chi connectivity index (χ3n) is 2.70. The zero-order valence-corrected chi connectivity index (χ0v) is 12.8. The van der Waals surface area contributed by atoms with Gasteiger partial charge in [0.05, 0.1) is 12.8 Å². The molecule has 5 heteroatoms. The summed E-state index contributed by atoms with van der Waals surface area (Å²) < 4.78 is 5.92. The van der Waals surface area contributed by atoms with Gasteiger partial charge in [-0.25, -0.2) is 4.79 Å². The molecule has 0 aromatic heterocycles. The highest BCUT2D eigenvalue weighted by Crippen LogP contribution is 2.27. The summed E-state index contributed by atoms with van der Waals surface area (Å²) in [5, 5.41) is 5.56. The molecule has 0 aliphatic heterocycles. The van der Waals surface area contributed by atoms with Crippen LogP contribution in [0.15, 0.2) is 46.9 Å². The van der Waals surface area contributed by atoms with E-state index in [0.717, 1.165) is 15.7 Å². The number of methoxy groups -OCH3 is 1. The zero-order chi connectivity index (χ0) is 14.5. The number of hydrogen-bond donors (Lipinski definition) is 2. The Morgan fingerprint density at radius 2 is 1.95 bits per heavy atom. The number of nitrogens with one attached hydrogen (secondary N) is 2. The van der Waals surface area contributed by atoms with Gasteiger partial charge in [0.25, 0.3) is 0 Å². The van der Waals surface area contributed by atoms with E-state index >= 15 is 0 Å². The van der Waals surface area contributed by atoms with Gasteiger partial charge < -0.3 is 15.4 Å². The van der Waals surface area contributed by atoms with Crippen LogP contribution in [0.1, 0.15) is 5.56 Å². The second kappa shape index (κ2) is 6.43. The van der Waals surface area contributed by atoms with E-state index in [2.05, 4.69) is 26.6 Å². The van der Waals surface area contributed by atoms with E-state index in [1.807, 2.05) is 43.3 Å². The average molecular weight is 335 g/mol. The molecular weight excluding hydrogens is 320 g/mol. The molecule has 0 fully saturated rings.